The first kappa shape index (κ1) is 20.0. The normalized spacial score (nSPS) is 10.2. The highest BCUT2D eigenvalue weighted by Gasteiger charge is 2.13. The molecule has 4 N–H and O–H groups in total. The first-order valence-electron chi connectivity index (χ1n) is 8.54. The van der Waals surface area contributed by atoms with Crippen LogP contribution in [-0.2, 0) is 4.79 Å². The highest BCUT2D eigenvalue weighted by molar-refractivity contribution is 7.13. The smallest absolute Gasteiger partial charge is 0.275 e. The lowest BCUT2D eigenvalue weighted by atomic mass is 10.2. The van der Waals surface area contributed by atoms with Crippen LogP contribution in [0.1, 0.15) is 20.8 Å². The molecule has 1 aromatic heterocycles. The number of primary amides is 1. The average Bonchev–Trinajstić information content (AvgIpc) is 3.23. The number of carbonyl (C=O) groups excluding carboxylic acids is 3. The first-order valence-corrected chi connectivity index (χ1v) is 9.42. The number of nitrogens with one attached hydrogen (secondary N) is 2. The topological polar surface area (TPSA) is 123 Å². The van der Waals surface area contributed by atoms with E-state index in [0.717, 1.165) is 16.3 Å². The van der Waals surface area contributed by atoms with E-state index in [0.29, 0.717) is 16.9 Å². The maximum absolute atomic E-state index is 12.4. The van der Waals surface area contributed by atoms with Crippen molar-refractivity contribution in [2.24, 2.45) is 5.73 Å². The molecule has 0 aliphatic carbocycles. The van der Waals surface area contributed by atoms with Crippen molar-refractivity contribution in [3.8, 4) is 16.3 Å². The molecule has 0 spiro atoms. The Hall–Kier alpha value is -3.72. The van der Waals surface area contributed by atoms with Gasteiger partial charge in [-0.05, 0) is 48.5 Å². The number of thiazole rings is 1. The quantitative estimate of drug-likeness (QED) is 0.551. The molecule has 0 fully saturated rings. The zero-order valence-corrected chi connectivity index (χ0v) is 16.3. The predicted molar refractivity (Wildman–Crippen MR) is 110 cm³/mol. The predicted octanol–water partition coefficient (Wildman–Crippen LogP) is 2.29. The first-order chi connectivity index (χ1) is 14.0. The van der Waals surface area contributed by atoms with Crippen LogP contribution < -0.4 is 21.1 Å². The highest BCUT2D eigenvalue weighted by atomic mass is 32.1. The lowest BCUT2D eigenvalue weighted by Crippen LogP contribution is -2.33. The third-order valence-electron chi connectivity index (χ3n) is 3.90. The largest absolute Gasteiger partial charge is 0.497 e. The second-order valence-corrected chi connectivity index (χ2v) is 6.80. The number of hydrogen-bond acceptors (Lipinski definition) is 6. The van der Waals surface area contributed by atoms with Gasteiger partial charge >= 0.3 is 0 Å². The molecule has 29 heavy (non-hydrogen) atoms. The van der Waals surface area contributed by atoms with Gasteiger partial charge in [0.2, 0.25) is 5.91 Å². The Morgan fingerprint density at radius 1 is 1.03 bits per heavy atom. The Labute approximate surface area is 170 Å². The number of carbonyl (C=O) groups is 3. The molecule has 0 saturated heterocycles. The minimum absolute atomic E-state index is 0.238. The third-order valence-corrected chi connectivity index (χ3v) is 4.79. The van der Waals surface area contributed by atoms with Crippen molar-refractivity contribution >= 4 is 34.7 Å². The molecule has 3 aromatic rings. The number of benzene rings is 2. The van der Waals surface area contributed by atoms with E-state index in [2.05, 4.69) is 15.6 Å². The summed E-state index contributed by atoms with van der Waals surface area (Å²) >= 11 is 1.37. The zero-order chi connectivity index (χ0) is 20.8. The van der Waals surface area contributed by atoms with Crippen molar-refractivity contribution in [1.82, 2.24) is 10.3 Å². The van der Waals surface area contributed by atoms with Crippen LogP contribution in [0.4, 0.5) is 5.69 Å². The minimum Gasteiger partial charge on any atom is -0.497 e. The standard InChI is InChI=1S/C20H18N4O4S/c1-28-15-8-4-13(5-9-15)20-24-16(11-29-20)19(27)23-14-6-2-12(3-7-14)18(26)22-10-17(21)25/h2-9,11H,10H2,1H3,(H2,21,25)(H,22,26)(H,23,27). The van der Waals surface area contributed by atoms with E-state index in [1.165, 1.54) is 23.5 Å². The number of nitrogens with zero attached hydrogens (tertiary/aromatic N) is 1. The molecule has 8 nitrogen and oxygen atoms in total. The molecule has 3 amide bonds. The van der Waals surface area contributed by atoms with Crippen LogP contribution >= 0.6 is 11.3 Å². The summed E-state index contributed by atoms with van der Waals surface area (Å²) < 4.78 is 5.14. The van der Waals surface area contributed by atoms with Gasteiger partial charge in [-0.3, -0.25) is 14.4 Å². The molecule has 0 bridgehead atoms. The minimum atomic E-state index is -0.625. The SMILES string of the molecule is COc1ccc(-c2nc(C(=O)Nc3ccc(C(=O)NCC(N)=O)cc3)cs2)cc1. The Kier molecular flexibility index (Phi) is 6.20. The van der Waals surface area contributed by atoms with Gasteiger partial charge in [-0.25, -0.2) is 4.98 Å². The number of methoxy groups -OCH3 is 1. The Bertz CT molecular complexity index is 1030. The molecule has 3 rings (SSSR count). The van der Waals surface area contributed by atoms with Gasteiger partial charge < -0.3 is 21.1 Å². The fourth-order valence-electron chi connectivity index (χ4n) is 2.41. The van der Waals surface area contributed by atoms with Crippen LogP contribution in [-0.4, -0.2) is 36.4 Å². The number of anilines is 1. The maximum atomic E-state index is 12.4. The van der Waals surface area contributed by atoms with E-state index in [1.807, 2.05) is 24.3 Å². The molecule has 0 aliphatic heterocycles. The molecule has 0 atom stereocenters. The zero-order valence-electron chi connectivity index (χ0n) is 15.5. The second kappa shape index (κ2) is 8.98. The number of aromatic nitrogens is 1. The fourth-order valence-corrected chi connectivity index (χ4v) is 3.22. The third kappa shape index (κ3) is 5.17. The molecule has 0 unspecified atom stereocenters. The summed E-state index contributed by atoms with van der Waals surface area (Å²) in [7, 11) is 1.60. The van der Waals surface area contributed by atoms with Gasteiger partial charge in [0.1, 0.15) is 16.5 Å². The lowest BCUT2D eigenvalue weighted by molar-refractivity contribution is -0.117. The average molecular weight is 410 g/mol. The van der Waals surface area contributed by atoms with Crippen LogP contribution in [0.2, 0.25) is 0 Å². The van der Waals surface area contributed by atoms with Crippen LogP contribution in [0.3, 0.4) is 0 Å². The Balaban J connectivity index is 1.63. The number of nitrogens with two attached hydrogens (primary N) is 1. The Morgan fingerprint density at radius 3 is 2.34 bits per heavy atom. The Morgan fingerprint density at radius 2 is 1.72 bits per heavy atom. The lowest BCUT2D eigenvalue weighted by Gasteiger charge is -2.06. The molecule has 9 heteroatoms. The van der Waals surface area contributed by atoms with Gasteiger partial charge in [-0.2, -0.15) is 0 Å². The van der Waals surface area contributed by atoms with Gasteiger partial charge in [0.05, 0.1) is 13.7 Å². The van der Waals surface area contributed by atoms with Gasteiger partial charge in [0, 0.05) is 22.2 Å². The summed E-state index contributed by atoms with van der Waals surface area (Å²) in [5.41, 5.74) is 7.04. The molecule has 0 saturated carbocycles. The number of hydrogen-bond donors (Lipinski definition) is 3. The summed E-state index contributed by atoms with van der Waals surface area (Å²) in [6, 6.07) is 13.7. The molecule has 0 radical (unpaired) electrons. The van der Waals surface area contributed by atoms with Crippen molar-refractivity contribution in [2.45, 2.75) is 0 Å². The van der Waals surface area contributed by atoms with Crippen LogP contribution in [0.25, 0.3) is 10.6 Å². The van der Waals surface area contributed by atoms with Crippen molar-refractivity contribution < 1.29 is 19.1 Å². The molecule has 1 heterocycles. The number of ether oxygens (including phenoxy) is 1. The molecule has 2 aromatic carbocycles. The van der Waals surface area contributed by atoms with Gasteiger partial charge in [0.15, 0.2) is 0 Å². The van der Waals surface area contributed by atoms with Crippen LogP contribution in [0, 0.1) is 0 Å². The summed E-state index contributed by atoms with van der Waals surface area (Å²) in [5.74, 6) is -0.660. The van der Waals surface area contributed by atoms with Crippen LogP contribution in [0.5, 0.6) is 5.75 Å². The van der Waals surface area contributed by atoms with Crippen molar-refractivity contribution in [3.63, 3.8) is 0 Å². The van der Waals surface area contributed by atoms with E-state index in [-0.39, 0.29) is 12.5 Å². The van der Waals surface area contributed by atoms with E-state index < -0.39 is 11.8 Å². The molecular weight excluding hydrogens is 392 g/mol. The van der Waals surface area contributed by atoms with E-state index in [4.69, 9.17) is 10.5 Å². The van der Waals surface area contributed by atoms with Gasteiger partial charge in [0.25, 0.3) is 11.8 Å². The van der Waals surface area contributed by atoms with Crippen molar-refractivity contribution in [1.29, 1.82) is 0 Å². The monoisotopic (exact) mass is 410 g/mol. The highest BCUT2D eigenvalue weighted by Crippen LogP contribution is 2.26. The number of amides is 3. The number of rotatable bonds is 7. The second-order valence-electron chi connectivity index (χ2n) is 5.95. The molecule has 0 aliphatic rings. The maximum Gasteiger partial charge on any atom is 0.275 e. The van der Waals surface area contributed by atoms with Crippen LogP contribution in [0.15, 0.2) is 53.9 Å². The summed E-state index contributed by atoms with van der Waals surface area (Å²) in [6.45, 7) is -0.238. The van der Waals surface area contributed by atoms with E-state index in [1.54, 1.807) is 24.6 Å². The fraction of sp³-hybridized carbons (Fsp3) is 0.100. The summed E-state index contributed by atoms with van der Waals surface area (Å²) in [4.78, 5) is 39.4. The van der Waals surface area contributed by atoms with Crippen molar-refractivity contribution in [2.75, 3.05) is 19.0 Å². The van der Waals surface area contributed by atoms with E-state index in [9.17, 15) is 14.4 Å². The van der Waals surface area contributed by atoms with Gasteiger partial charge in [-0.1, -0.05) is 0 Å². The van der Waals surface area contributed by atoms with Gasteiger partial charge in [-0.15, -0.1) is 11.3 Å². The molecule has 148 valence electrons. The van der Waals surface area contributed by atoms with E-state index >= 15 is 0 Å². The summed E-state index contributed by atoms with van der Waals surface area (Å²) in [5, 5.41) is 7.53. The van der Waals surface area contributed by atoms with Crippen molar-refractivity contribution in [3.05, 3.63) is 65.2 Å². The summed E-state index contributed by atoms with van der Waals surface area (Å²) in [6.07, 6.45) is 0. The molecular formula is C20H18N4O4S.